The van der Waals surface area contributed by atoms with Crippen LogP contribution in [-0.2, 0) is 0 Å². The van der Waals surface area contributed by atoms with Gasteiger partial charge in [0.2, 0.25) is 0 Å². The predicted molar refractivity (Wildman–Crippen MR) is 79.9 cm³/mol. The molecule has 0 aliphatic heterocycles. The van der Waals surface area contributed by atoms with Crippen molar-refractivity contribution >= 4 is 0 Å². The topological polar surface area (TPSA) is 29.5 Å². The molecular formula is C18H19FO2. The molecule has 0 radical (unpaired) electrons. The first-order valence-electron chi connectivity index (χ1n) is 7.38. The first-order chi connectivity index (χ1) is 10.2. The van der Waals surface area contributed by atoms with E-state index in [-0.39, 0.29) is 17.7 Å². The van der Waals surface area contributed by atoms with Crippen molar-refractivity contribution in [1.29, 1.82) is 0 Å². The molecule has 1 N–H and O–H groups in total. The van der Waals surface area contributed by atoms with Crippen molar-refractivity contribution in [3.63, 3.8) is 0 Å². The SMILES string of the molecule is OC1CCC(c2ccccc2)CC1Oc1ccccc1F. The smallest absolute Gasteiger partial charge is 0.165 e. The van der Waals surface area contributed by atoms with Crippen molar-refractivity contribution < 1.29 is 14.2 Å². The minimum Gasteiger partial charge on any atom is -0.485 e. The molecule has 21 heavy (non-hydrogen) atoms. The molecule has 1 aliphatic carbocycles. The van der Waals surface area contributed by atoms with Gasteiger partial charge < -0.3 is 9.84 Å². The Morgan fingerprint density at radius 2 is 1.67 bits per heavy atom. The largest absolute Gasteiger partial charge is 0.485 e. The van der Waals surface area contributed by atoms with Crippen LogP contribution in [0.2, 0.25) is 0 Å². The zero-order chi connectivity index (χ0) is 14.7. The Hall–Kier alpha value is -1.87. The lowest BCUT2D eigenvalue weighted by molar-refractivity contribution is -0.00140. The zero-order valence-corrected chi connectivity index (χ0v) is 11.8. The summed E-state index contributed by atoms with van der Waals surface area (Å²) in [5.41, 5.74) is 1.26. The number of aliphatic hydroxyl groups excluding tert-OH is 1. The van der Waals surface area contributed by atoms with Crippen molar-refractivity contribution in [1.82, 2.24) is 0 Å². The monoisotopic (exact) mass is 286 g/mol. The summed E-state index contributed by atoms with van der Waals surface area (Å²) in [5.74, 6) is 0.188. The second-order valence-electron chi connectivity index (χ2n) is 5.57. The van der Waals surface area contributed by atoms with Crippen molar-refractivity contribution in [2.75, 3.05) is 0 Å². The zero-order valence-electron chi connectivity index (χ0n) is 11.8. The molecule has 0 amide bonds. The lowest BCUT2D eigenvalue weighted by atomic mass is 9.81. The van der Waals surface area contributed by atoms with Crippen LogP contribution in [0.3, 0.4) is 0 Å². The standard InChI is InChI=1S/C18H19FO2/c19-15-8-4-5-9-17(15)21-18-12-14(10-11-16(18)20)13-6-2-1-3-7-13/h1-9,14,16,18,20H,10-12H2. The van der Waals surface area contributed by atoms with Gasteiger partial charge in [0.05, 0.1) is 6.10 Å². The maximum absolute atomic E-state index is 13.7. The highest BCUT2D eigenvalue weighted by atomic mass is 19.1. The number of rotatable bonds is 3. The number of ether oxygens (including phenoxy) is 1. The Morgan fingerprint density at radius 1 is 0.952 bits per heavy atom. The van der Waals surface area contributed by atoms with Crippen LogP contribution in [0.4, 0.5) is 4.39 Å². The molecule has 2 aromatic carbocycles. The number of para-hydroxylation sites is 1. The summed E-state index contributed by atoms with van der Waals surface area (Å²) in [6.07, 6.45) is 1.42. The molecule has 2 aromatic rings. The highest BCUT2D eigenvalue weighted by Crippen LogP contribution is 2.35. The molecule has 0 saturated heterocycles. The lowest BCUT2D eigenvalue weighted by Gasteiger charge is -2.33. The summed E-state index contributed by atoms with van der Waals surface area (Å²) in [7, 11) is 0. The summed E-state index contributed by atoms with van der Waals surface area (Å²) >= 11 is 0. The molecule has 0 aromatic heterocycles. The van der Waals surface area contributed by atoms with Gasteiger partial charge in [0.25, 0.3) is 0 Å². The van der Waals surface area contributed by atoms with Gasteiger partial charge in [0, 0.05) is 0 Å². The first kappa shape index (κ1) is 14.1. The third-order valence-electron chi connectivity index (χ3n) is 4.14. The molecule has 3 atom stereocenters. The Bertz CT molecular complexity index is 585. The summed E-state index contributed by atoms with van der Waals surface area (Å²) in [6.45, 7) is 0. The van der Waals surface area contributed by atoms with Crippen LogP contribution < -0.4 is 4.74 Å². The summed E-state index contributed by atoms with van der Waals surface area (Å²) < 4.78 is 19.4. The number of hydrogen-bond acceptors (Lipinski definition) is 2. The lowest BCUT2D eigenvalue weighted by Crippen LogP contribution is -2.37. The number of benzene rings is 2. The first-order valence-corrected chi connectivity index (χ1v) is 7.38. The fourth-order valence-electron chi connectivity index (χ4n) is 2.97. The van der Waals surface area contributed by atoms with Gasteiger partial charge in [-0.15, -0.1) is 0 Å². The van der Waals surface area contributed by atoms with Crippen LogP contribution in [0, 0.1) is 5.82 Å². The maximum atomic E-state index is 13.7. The van der Waals surface area contributed by atoms with Crippen LogP contribution >= 0.6 is 0 Å². The van der Waals surface area contributed by atoms with E-state index < -0.39 is 6.10 Å². The van der Waals surface area contributed by atoms with Crippen molar-refractivity contribution in [2.45, 2.75) is 37.4 Å². The van der Waals surface area contributed by atoms with Crippen molar-refractivity contribution in [3.05, 3.63) is 66.0 Å². The van der Waals surface area contributed by atoms with E-state index in [9.17, 15) is 9.50 Å². The average molecular weight is 286 g/mol. The number of halogens is 1. The van der Waals surface area contributed by atoms with E-state index >= 15 is 0 Å². The van der Waals surface area contributed by atoms with E-state index in [0.29, 0.717) is 18.8 Å². The highest BCUT2D eigenvalue weighted by molar-refractivity contribution is 5.25. The van der Waals surface area contributed by atoms with Gasteiger partial charge in [-0.25, -0.2) is 4.39 Å². The van der Waals surface area contributed by atoms with E-state index in [2.05, 4.69) is 12.1 Å². The summed E-state index contributed by atoms with van der Waals surface area (Å²) in [5, 5.41) is 10.1. The molecule has 1 aliphatic rings. The Kier molecular flexibility index (Phi) is 4.20. The van der Waals surface area contributed by atoms with Crippen LogP contribution in [0.15, 0.2) is 54.6 Å². The van der Waals surface area contributed by atoms with Crippen LogP contribution in [0.5, 0.6) is 5.75 Å². The second kappa shape index (κ2) is 6.27. The quantitative estimate of drug-likeness (QED) is 0.927. The number of hydrogen-bond donors (Lipinski definition) is 1. The van der Waals surface area contributed by atoms with E-state index in [1.165, 1.54) is 11.6 Å². The Morgan fingerprint density at radius 3 is 2.43 bits per heavy atom. The minimum atomic E-state index is -0.537. The van der Waals surface area contributed by atoms with E-state index in [1.807, 2.05) is 18.2 Å². The number of aliphatic hydroxyl groups is 1. The van der Waals surface area contributed by atoms with Gasteiger partial charge >= 0.3 is 0 Å². The maximum Gasteiger partial charge on any atom is 0.165 e. The molecular weight excluding hydrogens is 267 g/mol. The molecule has 2 nitrogen and oxygen atoms in total. The fraction of sp³-hybridized carbons (Fsp3) is 0.333. The molecule has 1 saturated carbocycles. The normalized spacial score (nSPS) is 25.5. The summed E-state index contributed by atoms with van der Waals surface area (Å²) in [6, 6.07) is 16.6. The molecule has 3 unspecified atom stereocenters. The van der Waals surface area contributed by atoms with Gasteiger partial charge in [-0.3, -0.25) is 0 Å². The van der Waals surface area contributed by atoms with E-state index in [0.717, 1.165) is 6.42 Å². The molecule has 0 spiro atoms. The van der Waals surface area contributed by atoms with Gasteiger partial charge in [-0.1, -0.05) is 42.5 Å². The van der Waals surface area contributed by atoms with Crippen LogP contribution in [0.25, 0.3) is 0 Å². The van der Waals surface area contributed by atoms with Crippen molar-refractivity contribution in [3.8, 4) is 5.75 Å². The fourth-order valence-corrected chi connectivity index (χ4v) is 2.97. The average Bonchev–Trinajstić information content (AvgIpc) is 2.52. The molecule has 0 bridgehead atoms. The van der Waals surface area contributed by atoms with E-state index in [1.54, 1.807) is 18.2 Å². The predicted octanol–water partition coefficient (Wildman–Crippen LogP) is 3.90. The third-order valence-corrected chi connectivity index (χ3v) is 4.14. The Balaban J connectivity index is 1.74. The molecule has 0 heterocycles. The second-order valence-corrected chi connectivity index (χ2v) is 5.57. The molecule has 1 fully saturated rings. The van der Waals surface area contributed by atoms with E-state index in [4.69, 9.17) is 4.74 Å². The third kappa shape index (κ3) is 3.24. The van der Waals surface area contributed by atoms with Gasteiger partial charge in [0.15, 0.2) is 11.6 Å². The minimum absolute atomic E-state index is 0.218. The molecule has 3 heteroatoms. The van der Waals surface area contributed by atoms with Crippen molar-refractivity contribution in [2.24, 2.45) is 0 Å². The molecule has 3 rings (SSSR count). The van der Waals surface area contributed by atoms with Crippen LogP contribution in [-0.4, -0.2) is 17.3 Å². The van der Waals surface area contributed by atoms with Gasteiger partial charge in [-0.2, -0.15) is 0 Å². The van der Waals surface area contributed by atoms with Gasteiger partial charge in [-0.05, 0) is 42.9 Å². The Labute approximate surface area is 124 Å². The molecule has 110 valence electrons. The highest BCUT2D eigenvalue weighted by Gasteiger charge is 2.31. The van der Waals surface area contributed by atoms with Gasteiger partial charge in [0.1, 0.15) is 6.10 Å². The summed E-state index contributed by atoms with van der Waals surface area (Å²) in [4.78, 5) is 0. The van der Waals surface area contributed by atoms with Crippen LogP contribution in [0.1, 0.15) is 30.7 Å².